The molecule has 0 radical (unpaired) electrons. The van der Waals surface area contributed by atoms with Crippen LogP contribution in [-0.2, 0) is 0 Å². The first-order valence-electron chi connectivity index (χ1n) is 4.82. The minimum atomic E-state index is 0.495. The molecule has 0 saturated carbocycles. The van der Waals surface area contributed by atoms with Gasteiger partial charge in [0.2, 0.25) is 5.13 Å². The second-order valence-electron chi connectivity index (χ2n) is 3.31. The van der Waals surface area contributed by atoms with Crippen LogP contribution in [0.25, 0.3) is 0 Å². The summed E-state index contributed by atoms with van der Waals surface area (Å²) >= 11 is 13.4. The summed E-state index contributed by atoms with van der Waals surface area (Å²) in [6, 6.07) is 5.40. The number of rotatable bonds is 3. The fourth-order valence-corrected chi connectivity index (χ4v) is 2.18. The van der Waals surface area contributed by atoms with Crippen molar-refractivity contribution in [3.05, 3.63) is 44.9 Å². The lowest BCUT2D eigenvalue weighted by molar-refractivity contribution is 1.22. The first kappa shape index (κ1) is 12.4. The third kappa shape index (κ3) is 3.19. The summed E-state index contributed by atoms with van der Waals surface area (Å²) in [6.45, 7) is 1.93. The minimum Gasteiger partial charge on any atom is -0.253 e. The Kier molecular flexibility index (Phi) is 3.99. The quantitative estimate of drug-likeness (QED) is 0.678. The molecule has 0 aliphatic carbocycles. The van der Waals surface area contributed by atoms with Crippen LogP contribution in [0.4, 0.5) is 5.13 Å². The summed E-state index contributed by atoms with van der Waals surface area (Å²) in [5.41, 5.74) is 4.57. The van der Waals surface area contributed by atoms with E-state index in [4.69, 9.17) is 23.2 Å². The number of nitrogens with one attached hydrogen (secondary N) is 1. The van der Waals surface area contributed by atoms with Gasteiger partial charge in [-0.25, -0.2) is 4.98 Å². The van der Waals surface area contributed by atoms with Crippen molar-refractivity contribution in [2.45, 2.75) is 6.92 Å². The van der Waals surface area contributed by atoms with Gasteiger partial charge in [-0.2, -0.15) is 5.10 Å². The molecular weight excluding hydrogens is 277 g/mol. The molecule has 1 heterocycles. The van der Waals surface area contributed by atoms with E-state index in [1.807, 2.05) is 24.4 Å². The number of benzene rings is 1. The Hall–Kier alpha value is -1.10. The second kappa shape index (κ2) is 5.49. The summed E-state index contributed by atoms with van der Waals surface area (Å²) in [6.07, 6.45) is 1.62. The maximum absolute atomic E-state index is 6.02. The van der Waals surface area contributed by atoms with Crippen LogP contribution in [-0.4, -0.2) is 11.2 Å². The number of nitrogens with zero attached hydrogens (tertiary/aromatic N) is 2. The van der Waals surface area contributed by atoms with Crippen molar-refractivity contribution in [1.29, 1.82) is 0 Å². The lowest BCUT2D eigenvalue weighted by Crippen LogP contribution is -1.91. The van der Waals surface area contributed by atoms with Gasteiger partial charge in [0.15, 0.2) is 0 Å². The lowest BCUT2D eigenvalue weighted by atomic mass is 10.2. The maximum atomic E-state index is 6.02. The van der Waals surface area contributed by atoms with Crippen molar-refractivity contribution in [3.63, 3.8) is 0 Å². The molecule has 0 saturated heterocycles. The lowest BCUT2D eigenvalue weighted by Gasteiger charge is -1.99. The van der Waals surface area contributed by atoms with Gasteiger partial charge in [-0.15, -0.1) is 11.3 Å². The van der Waals surface area contributed by atoms with Gasteiger partial charge in [-0.05, 0) is 13.0 Å². The standard InChI is InChI=1S/C11H9Cl2N3S/c1-7-6-17-11(15-7)16-14-5-8-3-2-4-9(12)10(8)13/h2-6H,1H3,(H,15,16). The van der Waals surface area contributed by atoms with E-state index in [0.29, 0.717) is 10.0 Å². The maximum Gasteiger partial charge on any atom is 0.203 e. The molecule has 0 atom stereocenters. The normalized spacial score (nSPS) is 11.0. The SMILES string of the molecule is Cc1csc(NN=Cc2cccc(Cl)c2Cl)n1. The zero-order valence-electron chi connectivity index (χ0n) is 8.95. The van der Waals surface area contributed by atoms with Gasteiger partial charge in [0.1, 0.15) is 0 Å². The van der Waals surface area contributed by atoms with E-state index >= 15 is 0 Å². The number of thiazole rings is 1. The Balaban J connectivity index is 2.08. The average molecular weight is 286 g/mol. The predicted molar refractivity (Wildman–Crippen MR) is 74.5 cm³/mol. The molecule has 0 aliphatic heterocycles. The van der Waals surface area contributed by atoms with E-state index in [1.165, 1.54) is 11.3 Å². The monoisotopic (exact) mass is 285 g/mol. The van der Waals surface area contributed by atoms with Crippen LogP contribution in [0, 0.1) is 6.92 Å². The number of hydrogen-bond acceptors (Lipinski definition) is 4. The third-order valence-electron chi connectivity index (χ3n) is 1.96. The van der Waals surface area contributed by atoms with Crippen LogP contribution in [0.5, 0.6) is 0 Å². The van der Waals surface area contributed by atoms with Crippen LogP contribution in [0.15, 0.2) is 28.7 Å². The number of aryl methyl sites for hydroxylation is 1. The van der Waals surface area contributed by atoms with Crippen LogP contribution in [0.2, 0.25) is 10.0 Å². The molecule has 17 heavy (non-hydrogen) atoms. The molecule has 0 bridgehead atoms. The number of halogens is 2. The van der Waals surface area contributed by atoms with Crippen LogP contribution >= 0.6 is 34.5 Å². The molecule has 1 aromatic heterocycles. The Morgan fingerprint density at radius 2 is 2.24 bits per heavy atom. The topological polar surface area (TPSA) is 37.3 Å². The van der Waals surface area contributed by atoms with Crippen molar-refractivity contribution in [2.24, 2.45) is 5.10 Å². The molecule has 0 amide bonds. The second-order valence-corrected chi connectivity index (χ2v) is 4.95. The molecule has 6 heteroatoms. The zero-order chi connectivity index (χ0) is 12.3. The number of anilines is 1. The van der Waals surface area contributed by atoms with E-state index in [2.05, 4.69) is 15.5 Å². The minimum absolute atomic E-state index is 0.495. The van der Waals surface area contributed by atoms with Crippen molar-refractivity contribution in [1.82, 2.24) is 4.98 Å². The van der Waals surface area contributed by atoms with E-state index < -0.39 is 0 Å². The first-order valence-corrected chi connectivity index (χ1v) is 6.45. The molecule has 0 fully saturated rings. The van der Waals surface area contributed by atoms with E-state index in [1.54, 1.807) is 12.3 Å². The average Bonchev–Trinajstić information content (AvgIpc) is 2.70. The van der Waals surface area contributed by atoms with E-state index in [-0.39, 0.29) is 0 Å². The van der Waals surface area contributed by atoms with Crippen molar-refractivity contribution in [3.8, 4) is 0 Å². The first-order chi connectivity index (χ1) is 8.16. The van der Waals surface area contributed by atoms with Crippen LogP contribution in [0.3, 0.4) is 0 Å². The highest BCUT2D eigenvalue weighted by Gasteiger charge is 2.01. The molecular formula is C11H9Cl2N3S. The fourth-order valence-electron chi connectivity index (χ4n) is 1.18. The number of aromatic nitrogens is 1. The predicted octanol–water partition coefficient (Wildman–Crippen LogP) is 4.20. The van der Waals surface area contributed by atoms with Crippen LogP contribution in [0.1, 0.15) is 11.3 Å². The highest BCUT2D eigenvalue weighted by molar-refractivity contribution is 7.13. The van der Waals surface area contributed by atoms with Gasteiger partial charge < -0.3 is 0 Å². The van der Waals surface area contributed by atoms with Gasteiger partial charge in [0.25, 0.3) is 0 Å². The number of hydrazone groups is 1. The summed E-state index contributed by atoms with van der Waals surface area (Å²) < 4.78 is 0. The third-order valence-corrected chi connectivity index (χ3v) is 3.66. The van der Waals surface area contributed by atoms with Gasteiger partial charge >= 0.3 is 0 Å². The van der Waals surface area contributed by atoms with Crippen molar-refractivity contribution >= 4 is 45.9 Å². The summed E-state index contributed by atoms with van der Waals surface area (Å²) in [4.78, 5) is 4.22. The zero-order valence-corrected chi connectivity index (χ0v) is 11.3. The summed E-state index contributed by atoms with van der Waals surface area (Å²) in [7, 11) is 0. The Morgan fingerprint density at radius 1 is 1.41 bits per heavy atom. The van der Waals surface area contributed by atoms with Crippen molar-refractivity contribution in [2.75, 3.05) is 5.43 Å². The van der Waals surface area contributed by atoms with Gasteiger partial charge in [-0.1, -0.05) is 35.3 Å². The van der Waals surface area contributed by atoms with Gasteiger partial charge in [-0.3, -0.25) is 5.43 Å². The van der Waals surface area contributed by atoms with Crippen LogP contribution < -0.4 is 5.43 Å². The molecule has 2 aromatic rings. The molecule has 2 rings (SSSR count). The molecule has 0 spiro atoms. The molecule has 0 aliphatic rings. The molecule has 1 N–H and O–H groups in total. The highest BCUT2D eigenvalue weighted by atomic mass is 35.5. The number of hydrogen-bond donors (Lipinski definition) is 1. The summed E-state index contributed by atoms with van der Waals surface area (Å²) in [5, 5.41) is 7.76. The van der Waals surface area contributed by atoms with Gasteiger partial charge in [0.05, 0.1) is 22.0 Å². The van der Waals surface area contributed by atoms with Crippen molar-refractivity contribution < 1.29 is 0 Å². The smallest absolute Gasteiger partial charge is 0.203 e. The highest BCUT2D eigenvalue weighted by Crippen LogP contribution is 2.24. The Bertz CT molecular complexity index is 551. The van der Waals surface area contributed by atoms with E-state index in [9.17, 15) is 0 Å². The van der Waals surface area contributed by atoms with E-state index in [0.717, 1.165) is 16.4 Å². The molecule has 3 nitrogen and oxygen atoms in total. The Labute approximate surface area is 113 Å². The fraction of sp³-hybridized carbons (Fsp3) is 0.0909. The summed E-state index contributed by atoms with van der Waals surface area (Å²) in [5.74, 6) is 0. The molecule has 1 aromatic carbocycles. The largest absolute Gasteiger partial charge is 0.253 e. The Morgan fingerprint density at radius 3 is 2.94 bits per heavy atom. The molecule has 0 unspecified atom stereocenters. The molecule has 88 valence electrons. The van der Waals surface area contributed by atoms with Gasteiger partial charge in [0, 0.05) is 10.9 Å².